The molecule has 6 heteroatoms. The fraction of sp³-hybridized carbons (Fsp3) is 0.273. The molecule has 0 atom stereocenters. The Bertz CT molecular complexity index is 451. The van der Waals surface area contributed by atoms with E-state index in [0.29, 0.717) is 18.7 Å². The summed E-state index contributed by atoms with van der Waals surface area (Å²) in [7, 11) is 0. The minimum atomic E-state index is -4.45. The number of nitrogens with zero attached hydrogens (tertiary/aromatic N) is 2. The van der Waals surface area contributed by atoms with Gasteiger partial charge in [0.15, 0.2) is 0 Å². The number of hydrogen-bond donors (Lipinski definition) is 0. The second kappa shape index (κ2) is 4.20. The summed E-state index contributed by atoms with van der Waals surface area (Å²) in [4.78, 5) is 16.2. The summed E-state index contributed by atoms with van der Waals surface area (Å²) in [5.74, 6) is -0.238. The van der Waals surface area contributed by atoms with E-state index in [-0.39, 0.29) is 5.91 Å². The van der Waals surface area contributed by atoms with Gasteiger partial charge in [-0.25, -0.2) is 4.98 Å². The van der Waals surface area contributed by atoms with Crippen LogP contribution in [0.3, 0.4) is 0 Å². The smallest absolute Gasteiger partial charge is 0.307 e. The highest BCUT2D eigenvalue weighted by molar-refractivity contribution is 6.02. The van der Waals surface area contributed by atoms with Crippen LogP contribution in [0, 0.1) is 0 Å². The molecule has 0 saturated carbocycles. The lowest BCUT2D eigenvalue weighted by Gasteiger charge is -2.23. The van der Waals surface area contributed by atoms with E-state index in [9.17, 15) is 18.0 Å². The predicted octanol–water partition coefficient (Wildman–Crippen LogP) is 2.39. The minimum absolute atomic E-state index is 0.238. The molecule has 1 amide bonds. The van der Waals surface area contributed by atoms with E-state index in [2.05, 4.69) is 4.98 Å². The van der Waals surface area contributed by atoms with Crippen molar-refractivity contribution >= 4 is 11.6 Å². The van der Waals surface area contributed by atoms with Crippen LogP contribution < -0.4 is 4.90 Å². The largest absolute Gasteiger partial charge is 0.433 e. The van der Waals surface area contributed by atoms with Crippen molar-refractivity contribution in [1.82, 2.24) is 4.98 Å². The van der Waals surface area contributed by atoms with Gasteiger partial charge in [-0.3, -0.25) is 4.79 Å². The number of carbonyl (C=O) groups excluding carboxylic acids is 1. The Morgan fingerprint density at radius 3 is 2.59 bits per heavy atom. The maximum Gasteiger partial charge on any atom is 0.433 e. The zero-order valence-corrected chi connectivity index (χ0v) is 8.74. The van der Waals surface area contributed by atoms with Gasteiger partial charge >= 0.3 is 6.18 Å². The molecular formula is C11H9F3N2O. The van der Waals surface area contributed by atoms with Crippen molar-refractivity contribution in [1.29, 1.82) is 0 Å². The Hall–Kier alpha value is -1.85. The Labute approximate surface area is 95.6 Å². The Balaban J connectivity index is 2.24. The van der Waals surface area contributed by atoms with Crippen molar-refractivity contribution in [3.05, 3.63) is 36.2 Å². The van der Waals surface area contributed by atoms with Crippen LogP contribution in [0.25, 0.3) is 0 Å². The number of carbonyl (C=O) groups is 1. The molecule has 3 nitrogen and oxygen atoms in total. The third kappa shape index (κ3) is 2.46. The Kier molecular flexibility index (Phi) is 2.87. The number of halogens is 3. The lowest BCUT2D eigenvalue weighted by molar-refractivity contribution is -0.141. The van der Waals surface area contributed by atoms with Crippen LogP contribution in [0.4, 0.5) is 18.9 Å². The summed E-state index contributed by atoms with van der Waals surface area (Å²) >= 11 is 0. The molecule has 0 N–H and O–H groups in total. The molecule has 1 aromatic rings. The number of rotatable bonds is 1. The topological polar surface area (TPSA) is 33.2 Å². The van der Waals surface area contributed by atoms with E-state index in [1.807, 2.05) is 0 Å². The van der Waals surface area contributed by atoms with Crippen LogP contribution in [0.1, 0.15) is 12.1 Å². The van der Waals surface area contributed by atoms with E-state index in [0.717, 1.165) is 12.3 Å². The molecule has 1 aliphatic rings. The minimum Gasteiger partial charge on any atom is -0.307 e. The highest BCUT2D eigenvalue weighted by Gasteiger charge is 2.32. The molecule has 0 saturated heterocycles. The Morgan fingerprint density at radius 2 is 2.06 bits per heavy atom. The van der Waals surface area contributed by atoms with Crippen LogP contribution in [-0.2, 0) is 11.0 Å². The number of alkyl halides is 3. The van der Waals surface area contributed by atoms with Gasteiger partial charge in [0, 0.05) is 6.54 Å². The Morgan fingerprint density at radius 1 is 1.29 bits per heavy atom. The average Bonchev–Trinajstić information content (AvgIpc) is 2.29. The van der Waals surface area contributed by atoms with Crippen LogP contribution in [0.5, 0.6) is 0 Å². The molecule has 0 spiro atoms. The highest BCUT2D eigenvalue weighted by Crippen LogP contribution is 2.28. The summed E-state index contributed by atoms with van der Waals surface area (Å²) in [5.41, 5.74) is -0.575. The molecule has 0 aliphatic carbocycles. The van der Waals surface area contributed by atoms with Gasteiger partial charge in [0.2, 0.25) is 0 Å². The van der Waals surface area contributed by atoms with Gasteiger partial charge in [0.25, 0.3) is 5.91 Å². The monoisotopic (exact) mass is 242 g/mol. The van der Waals surface area contributed by atoms with Crippen LogP contribution in [-0.4, -0.2) is 17.4 Å². The van der Waals surface area contributed by atoms with E-state index in [1.54, 1.807) is 6.08 Å². The standard InChI is InChI=1S/C11H9F3N2O/c12-11(13,14)9-5-4-8(7-15-9)16-6-2-1-3-10(16)17/h1,3-5,7H,2,6H2. The molecule has 90 valence electrons. The quantitative estimate of drug-likeness (QED) is 0.757. The number of aromatic nitrogens is 1. The maximum absolute atomic E-state index is 12.3. The van der Waals surface area contributed by atoms with Gasteiger partial charge in [0.1, 0.15) is 5.69 Å². The van der Waals surface area contributed by atoms with Crippen LogP contribution in [0.2, 0.25) is 0 Å². The van der Waals surface area contributed by atoms with Crippen molar-refractivity contribution in [3.63, 3.8) is 0 Å². The molecule has 0 bridgehead atoms. The van der Waals surface area contributed by atoms with E-state index in [1.165, 1.54) is 17.0 Å². The summed E-state index contributed by atoms with van der Waals surface area (Å²) in [5, 5.41) is 0. The molecular weight excluding hydrogens is 233 g/mol. The van der Waals surface area contributed by atoms with E-state index >= 15 is 0 Å². The maximum atomic E-state index is 12.3. The third-order valence-electron chi connectivity index (χ3n) is 2.40. The van der Waals surface area contributed by atoms with Gasteiger partial charge in [-0.15, -0.1) is 0 Å². The SMILES string of the molecule is O=C1C=CCCN1c1ccc(C(F)(F)F)nc1. The van der Waals surface area contributed by atoms with Gasteiger partial charge in [0.05, 0.1) is 11.9 Å². The average molecular weight is 242 g/mol. The molecule has 2 heterocycles. The summed E-state index contributed by atoms with van der Waals surface area (Å²) in [6.45, 7) is 0.461. The molecule has 2 rings (SSSR count). The number of hydrogen-bond acceptors (Lipinski definition) is 2. The fourth-order valence-electron chi connectivity index (χ4n) is 1.56. The van der Waals surface area contributed by atoms with Crippen LogP contribution >= 0.6 is 0 Å². The first-order valence-corrected chi connectivity index (χ1v) is 5.00. The number of pyridine rings is 1. The van der Waals surface area contributed by atoms with Crippen molar-refractivity contribution < 1.29 is 18.0 Å². The van der Waals surface area contributed by atoms with Gasteiger partial charge < -0.3 is 4.90 Å². The molecule has 1 aromatic heterocycles. The fourth-order valence-corrected chi connectivity index (χ4v) is 1.56. The van der Waals surface area contributed by atoms with E-state index in [4.69, 9.17) is 0 Å². The first-order chi connectivity index (χ1) is 7.98. The van der Waals surface area contributed by atoms with Gasteiger partial charge in [-0.05, 0) is 24.6 Å². The molecule has 17 heavy (non-hydrogen) atoms. The summed E-state index contributed by atoms with van der Waals surface area (Å²) in [6, 6.07) is 2.13. The van der Waals surface area contributed by atoms with Crippen molar-refractivity contribution in [2.24, 2.45) is 0 Å². The van der Waals surface area contributed by atoms with Gasteiger partial charge in [-0.2, -0.15) is 13.2 Å². The normalized spacial score (nSPS) is 16.4. The second-order valence-electron chi connectivity index (χ2n) is 3.58. The zero-order chi connectivity index (χ0) is 12.5. The molecule has 0 aromatic carbocycles. The first-order valence-electron chi connectivity index (χ1n) is 5.00. The predicted molar refractivity (Wildman–Crippen MR) is 55.3 cm³/mol. The van der Waals surface area contributed by atoms with Crippen molar-refractivity contribution in [2.75, 3.05) is 11.4 Å². The lowest BCUT2D eigenvalue weighted by atomic mass is 10.2. The summed E-state index contributed by atoms with van der Waals surface area (Å²) < 4.78 is 36.9. The lowest BCUT2D eigenvalue weighted by Crippen LogP contribution is -2.32. The molecule has 0 radical (unpaired) electrons. The number of amides is 1. The van der Waals surface area contributed by atoms with Crippen molar-refractivity contribution in [2.45, 2.75) is 12.6 Å². The van der Waals surface area contributed by atoms with E-state index < -0.39 is 11.9 Å². The van der Waals surface area contributed by atoms with Gasteiger partial charge in [-0.1, -0.05) is 6.08 Å². The first kappa shape index (κ1) is 11.6. The third-order valence-corrected chi connectivity index (χ3v) is 2.40. The van der Waals surface area contributed by atoms with Crippen LogP contribution in [0.15, 0.2) is 30.5 Å². The zero-order valence-electron chi connectivity index (χ0n) is 8.74. The van der Waals surface area contributed by atoms with Crippen molar-refractivity contribution in [3.8, 4) is 0 Å². The number of anilines is 1. The molecule has 0 unspecified atom stereocenters. The molecule has 0 fully saturated rings. The second-order valence-corrected chi connectivity index (χ2v) is 3.58. The highest BCUT2D eigenvalue weighted by atomic mass is 19.4. The molecule has 1 aliphatic heterocycles. The summed E-state index contributed by atoms with van der Waals surface area (Å²) in [6.07, 6.45) is 0.439.